The molecule has 1 saturated carbocycles. The number of thiophene rings is 1. The summed E-state index contributed by atoms with van der Waals surface area (Å²) >= 11 is 0.802. The summed E-state index contributed by atoms with van der Waals surface area (Å²) in [6, 6.07) is 10.5. The third-order valence-corrected chi connectivity index (χ3v) is 6.10. The summed E-state index contributed by atoms with van der Waals surface area (Å²) in [7, 11) is 0. The van der Waals surface area contributed by atoms with Crippen molar-refractivity contribution in [3.05, 3.63) is 58.2 Å². The van der Waals surface area contributed by atoms with Gasteiger partial charge in [-0.05, 0) is 49.9 Å². The van der Waals surface area contributed by atoms with Crippen molar-refractivity contribution in [3.8, 4) is 0 Å². The number of carbonyl (C=O) groups excluding carboxylic acids is 1. The molecule has 0 spiro atoms. The number of nitrogens with one attached hydrogen (secondary N) is 2. The van der Waals surface area contributed by atoms with Crippen LogP contribution in [0.1, 0.15) is 41.0 Å². The number of amides is 1. The van der Waals surface area contributed by atoms with Gasteiger partial charge in [-0.3, -0.25) is 4.79 Å². The Balaban J connectivity index is 1.42. The molecule has 4 rings (SSSR count). The molecule has 9 heteroatoms. The predicted molar refractivity (Wildman–Crippen MR) is 108 cm³/mol. The largest absolute Gasteiger partial charge is 0.433 e. The number of hydrogen-bond acceptors (Lipinski definition) is 4. The van der Waals surface area contributed by atoms with E-state index in [0.717, 1.165) is 17.4 Å². The number of alkyl halides is 3. The monoisotopic (exact) mass is 437 g/mol. The topological polar surface area (TPSA) is 54.0 Å². The quantitative estimate of drug-likeness (QED) is 0.522. The predicted octanol–water partition coefficient (Wildman–Crippen LogP) is 5.61. The standard InChI is InChI=1S/C21H19F4N3OS/c22-19-10-9-17(30-19)20(29)27-13-7-5-12(6-8-13)26-16-11-18(21(23,24)25)28-15-4-2-1-3-14(15)16/h1-4,9-13H,5-8H2,(H,26,28)(H,27,29)/t12-,13+. The van der Waals surface area contributed by atoms with Gasteiger partial charge in [0.25, 0.3) is 5.91 Å². The first kappa shape index (κ1) is 20.6. The van der Waals surface area contributed by atoms with Crippen molar-refractivity contribution >= 4 is 33.8 Å². The maximum Gasteiger partial charge on any atom is 0.433 e. The van der Waals surface area contributed by atoms with E-state index in [1.807, 2.05) is 0 Å². The fourth-order valence-corrected chi connectivity index (χ4v) is 4.37. The van der Waals surface area contributed by atoms with Crippen LogP contribution in [0.2, 0.25) is 0 Å². The molecule has 0 saturated heterocycles. The molecule has 0 unspecified atom stereocenters. The molecule has 1 fully saturated rings. The number of benzene rings is 1. The van der Waals surface area contributed by atoms with Gasteiger partial charge >= 0.3 is 6.18 Å². The maximum absolute atomic E-state index is 13.2. The molecule has 0 bridgehead atoms. The maximum atomic E-state index is 13.2. The fourth-order valence-electron chi connectivity index (χ4n) is 3.73. The van der Waals surface area contributed by atoms with Gasteiger partial charge < -0.3 is 10.6 Å². The number of fused-ring (bicyclic) bond motifs is 1. The van der Waals surface area contributed by atoms with E-state index in [-0.39, 0.29) is 18.0 Å². The van der Waals surface area contributed by atoms with Gasteiger partial charge in [-0.1, -0.05) is 18.2 Å². The lowest BCUT2D eigenvalue weighted by Crippen LogP contribution is -2.40. The third kappa shape index (κ3) is 4.56. The zero-order chi connectivity index (χ0) is 21.3. The van der Waals surface area contributed by atoms with Crippen LogP contribution in [0, 0.1) is 5.13 Å². The summed E-state index contributed by atoms with van der Waals surface area (Å²) in [4.78, 5) is 16.2. The van der Waals surface area contributed by atoms with Crippen LogP contribution in [-0.2, 0) is 6.18 Å². The molecule has 158 valence electrons. The normalized spacial score (nSPS) is 19.6. The van der Waals surface area contributed by atoms with E-state index < -0.39 is 17.0 Å². The Bertz CT molecular complexity index is 1060. The fraction of sp³-hybridized carbons (Fsp3) is 0.333. The van der Waals surface area contributed by atoms with Gasteiger partial charge in [-0.15, -0.1) is 11.3 Å². The van der Waals surface area contributed by atoms with E-state index in [2.05, 4.69) is 15.6 Å². The third-order valence-electron chi connectivity index (χ3n) is 5.23. The number of pyridine rings is 1. The average molecular weight is 437 g/mol. The number of anilines is 1. The van der Waals surface area contributed by atoms with Crippen molar-refractivity contribution in [1.29, 1.82) is 0 Å². The molecule has 0 radical (unpaired) electrons. The zero-order valence-corrected chi connectivity index (χ0v) is 16.6. The molecule has 1 aromatic carbocycles. The molecule has 2 N–H and O–H groups in total. The molecule has 2 aromatic heterocycles. The van der Waals surface area contributed by atoms with Crippen molar-refractivity contribution in [2.24, 2.45) is 0 Å². The lowest BCUT2D eigenvalue weighted by Gasteiger charge is -2.30. The smallest absolute Gasteiger partial charge is 0.382 e. The number of aromatic nitrogens is 1. The Morgan fingerprint density at radius 1 is 1.03 bits per heavy atom. The van der Waals surface area contributed by atoms with Gasteiger partial charge in [0.05, 0.1) is 10.4 Å². The number of halogens is 4. The van der Waals surface area contributed by atoms with Crippen LogP contribution in [0.4, 0.5) is 23.2 Å². The second-order valence-electron chi connectivity index (χ2n) is 7.34. The molecular weight excluding hydrogens is 418 g/mol. The minimum absolute atomic E-state index is 0.00998. The molecular formula is C21H19F4N3OS. The number of carbonyl (C=O) groups is 1. The van der Waals surface area contributed by atoms with E-state index in [4.69, 9.17) is 0 Å². The Morgan fingerprint density at radius 3 is 2.40 bits per heavy atom. The van der Waals surface area contributed by atoms with Crippen molar-refractivity contribution in [2.75, 3.05) is 5.32 Å². The van der Waals surface area contributed by atoms with Crippen molar-refractivity contribution in [2.45, 2.75) is 43.9 Å². The molecule has 4 nitrogen and oxygen atoms in total. The van der Waals surface area contributed by atoms with Crippen LogP contribution >= 0.6 is 11.3 Å². The van der Waals surface area contributed by atoms with Gasteiger partial charge in [-0.25, -0.2) is 4.98 Å². The van der Waals surface area contributed by atoms with Crippen LogP contribution in [0.25, 0.3) is 10.9 Å². The highest BCUT2D eigenvalue weighted by atomic mass is 32.1. The van der Waals surface area contributed by atoms with Crippen molar-refractivity contribution in [1.82, 2.24) is 10.3 Å². The molecule has 1 amide bonds. The van der Waals surface area contributed by atoms with Gasteiger partial charge in [0.1, 0.15) is 5.69 Å². The first-order valence-corrected chi connectivity index (χ1v) is 10.4. The summed E-state index contributed by atoms with van der Waals surface area (Å²) < 4.78 is 52.8. The first-order chi connectivity index (χ1) is 14.3. The highest BCUT2D eigenvalue weighted by Gasteiger charge is 2.34. The summed E-state index contributed by atoms with van der Waals surface area (Å²) in [5.74, 6) is -0.296. The molecule has 0 atom stereocenters. The number of nitrogens with zero attached hydrogens (tertiary/aromatic N) is 1. The highest BCUT2D eigenvalue weighted by Crippen LogP contribution is 2.34. The zero-order valence-electron chi connectivity index (χ0n) is 15.8. The SMILES string of the molecule is O=C(N[C@H]1CC[C@@H](Nc2cc(C(F)(F)F)nc3ccccc23)CC1)c1ccc(F)s1. The van der Waals surface area contributed by atoms with Crippen LogP contribution < -0.4 is 10.6 Å². The molecule has 1 aliphatic rings. The van der Waals surface area contributed by atoms with Gasteiger partial charge in [0.2, 0.25) is 0 Å². The molecule has 2 heterocycles. The Morgan fingerprint density at radius 2 is 1.73 bits per heavy atom. The van der Waals surface area contributed by atoms with Crippen LogP contribution in [0.5, 0.6) is 0 Å². The van der Waals surface area contributed by atoms with Crippen molar-refractivity contribution in [3.63, 3.8) is 0 Å². The number of para-hydroxylation sites is 1. The first-order valence-electron chi connectivity index (χ1n) is 9.59. The van der Waals surface area contributed by atoms with Gasteiger partial charge in [0.15, 0.2) is 5.13 Å². The van der Waals surface area contributed by atoms with Gasteiger partial charge in [-0.2, -0.15) is 17.6 Å². The number of rotatable bonds is 4. The van der Waals surface area contributed by atoms with Gasteiger partial charge in [0, 0.05) is 23.2 Å². The Kier molecular flexibility index (Phi) is 5.64. The van der Waals surface area contributed by atoms with Crippen molar-refractivity contribution < 1.29 is 22.4 Å². The summed E-state index contributed by atoms with van der Waals surface area (Å²) in [6.45, 7) is 0. The average Bonchev–Trinajstić information content (AvgIpc) is 3.15. The van der Waals surface area contributed by atoms with E-state index in [9.17, 15) is 22.4 Å². The molecule has 1 aliphatic carbocycles. The van der Waals surface area contributed by atoms with E-state index in [1.165, 1.54) is 12.1 Å². The van der Waals surface area contributed by atoms with E-state index >= 15 is 0 Å². The lowest BCUT2D eigenvalue weighted by molar-refractivity contribution is -0.140. The highest BCUT2D eigenvalue weighted by molar-refractivity contribution is 7.12. The van der Waals surface area contributed by atoms with Crippen LogP contribution in [-0.4, -0.2) is 23.0 Å². The van der Waals surface area contributed by atoms with Crippen LogP contribution in [0.3, 0.4) is 0 Å². The minimum atomic E-state index is -4.52. The Labute approximate surface area is 174 Å². The second-order valence-corrected chi connectivity index (χ2v) is 8.37. The lowest BCUT2D eigenvalue weighted by atomic mass is 9.90. The summed E-state index contributed by atoms with van der Waals surface area (Å²) in [6.07, 6.45) is -1.76. The minimum Gasteiger partial charge on any atom is -0.382 e. The molecule has 30 heavy (non-hydrogen) atoms. The molecule has 0 aliphatic heterocycles. The second kappa shape index (κ2) is 8.22. The van der Waals surface area contributed by atoms with E-state index in [1.54, 1.807) is 24.3 Å². The Hall–Kier alpha value is -2.68. The summed E-state index contributed by atoms with van der Waals surface area (Å²) in [5, 5.41) is 6.39. The number of hydrogen-bond donors (Lipinski definition) is 2. The van der Waals surface area contributed by atoms with E-state index in [0.29, 0.717) is 47.2 Å². The van der Waals surface area contributed by atoms with Crippen LogP contribution in [0.15, 0.2) is 42.5 Å². The molecule has 3 aromatic rings. The summed E-state index contributed by atoms with van der Waals surface area (Å²) in [5.41, 5.74) is -0.221.